The second-order valence-corrected chi connectivity index (χ2v) is 6.85. The van der Waals surface area contributed by atoms with Crippen LogP contribution in [0.15, 0.2) is 55.0 Å². The van der Waals surface area contributed by atoms with Crippen molar-refractivity contribution in [3.63, 3.8) is 0 Å². The largest absolute Gasteiger partial charge is 0.368 e. The van der Waals surface area contributed by atoms with Crippen molar-refractivity contribution in [2.24, 2.45) is 0 Å². The molecule has 0 atom stereocenters. The number of aromatic nitrogens is 3. The molecule has 1 aromatic carbocycles. The van der Waals surface area contributed by atoms with Gasteiger partial charge in [0.05, 0.1) is 5.56 Å². The summed E-state index contributed by atoms with van der Waals surface area (Å²) >= 11 is 0. The van der Waals surface area contributed by atoms with Crippen LogP contribution in [0, 0.1) is 13.8 Å². The SMILES string of the molecule is Cc1cccc(N2CCN(C(=O)c3ccc(-n4cccn4)nc3)CC2)c1C. The quantitative estimate of drug-likeness (QED) is 0.720. The molecule has 0 spiro atoms. The number of aryl methyl sites for hydroxylation is 1. The molecule has 0 aliphatic carbocycles. The highest BCUT2D eigenvalue weighted by atomic mass is 16.2. The summed E-state index contributed by atoms with van der Waals surface area (Å²) < 4.78 is 1.68. The Kier molecular flexibility index (Phi) is 4.62. The molecule has 0 unspecified atom stereocenters. The molecule has 138 valence electrons. The average Bonchev–Trinajstić information content (AvgIpc) is 3.25. The molecule has 0 N–H and O–H groups in total. The summed E-state index contributed by atoms with van der Waals surface area (Å²) in [4.78, 5) is 21.4. The van der Waals surface area contributed by atoms with Crippen molar-refractivity contribution < 1.29 is 4.79 Å². The Morgan fingerprint density at radius 3 is 2.48 bits per heavy atom. The molecule has 6 heteroatoms. The Morgan fingerprint density at radius 1 is 1.00 bits per heavy atom. The van der Waals surface area contributed by atoms with E-state index >= 15 is 0 Å². The summed E-state index contributed by atoms with van der Waals surface area (Å²) in [6.45, 7) is 7.41. The highest BCUT2D eigenvalue weighted by Gasteiger charge is 2.23. The molecule has 1 amide bonds. The first-order valence-electron chi connectivity index (χ1n) is 9.20. The average molecular weight is 361 g/mol. The maximum atomic E-state index is 12.8. The summed E-state index contributed by atoms with van der Waals surface area (Å²) in [5, 5.41) is 4.15. The predicted molar refractivity (Wildman–Crippen MR) is 105 cm³/mol. The van der Waals surface area contributed by atoms with Gasteiger partial charge in [-0.3, -0.25) is 4.79 Å². The van der Waals surface area contributed by atoms with Crippen molar-refractivity contribution >= 4 is 11.6 Å². The summed E-state index contributed by atoms with van der Waals surface area (Å²) in [5.41, 5.74) is 4.50. The monoisotopic (exact) mass is 361 g/mol. The van der Waals surface area contributed by atoms with E-state index in [1.165, 1.54) is 16.8 Å². The van der Waals surface area contributed by atoms with Crippen molar-refractivity contribution in [3.8, 4) is 5.82 Å². The number of benzene rings is 1. The molecule has 1 aliphatic heterocycles. The lowest BCUT2D eigenvalue weighted by Gasteiger charge is -2.37. The zero-order chi connectivity index (χ0) is 18.8. The number of piperazine rings is 1. The van der Waals surface area contributed by atoms with Gasteiger partial charge in [-0.1, -0.05) is 12.1 Å². The molecule has 0 saturated carbocycles. The standard InChI is InChI=1S/C21H23N5O/c1-16-5-3-6-19(17(16)2)24-11-13-25(14-12-24)21(27)18-7-8-20(22-15-18)26-10-4-9-23-26/h3-10,15H,11-14H2,1-2H3. The molecule has 2 aromatic heterocycles. The minimum absolute atomic E-state index is 0.0372. The zero-order valence-corrected chi connectivity index (χ0v) is 15.7. The van der Waals surface area contributed by atoms with Crippen molar-refractivity contribution in [1.29, 1.82) is 0 Å². The van der Waals surface area contributed by atoms with Crippen LogP contribution >= 0.6 is 0 Å². The van der Waals surface area contributed by atoms with Crippen molar-refractivity contribution in [2.75, 3.05) is 31.1 Å². The van der Waals surface area contributed by atoms with E-state index < -0.39 is 0 Å². The molecular formula is C21H23N5O. The third-order valence-electron chi connectivity index (χ3n) is 5.22. The summed E-state index contributed by atoms with van der Waals surface area (Å²) in [6.07, 6.45) is 5.17. The third kappa shape index (κ3) is 3.43. The van der Waals surface area contributed by atoms with Crippen LogP contribution in [0.1, 0.15) is 21.5 Å². The number of amides is 1. The van der Waals surface area contributed by atoms with Crippen LogP contribution in [0.4, 0.5) is 5.69 Å². The van der Waals surface area contributed by atoms with E-state index in [4.69, 9.17) is 0 Å². The van der Waals surface area contributed by atoms with Crippen LogP contribution < -0.4 is 4.90 Å². The lowest BCUT2D eigenvalue weighted by molar-refractivity contribution is 0.0746. The number of hydrogen-bond donors (Lipinski definition) is 0. The molecule has 1 saturated heterocycles. The highest BCUT2D eigenvalue weighted by Crippen LogP contribution is 2.24. The predicted octanol–water partition coefficient (Wildman–Crippen LogP) is 2.85. The van der Waals surface area contributed by atoms with Crippen LogP contribution in [-0.2, 0) is 0 Å². The maximum Gasteiger partial charge on any atom is 0.255 e. The highest BCUT2D eigenvalue weighted by molar-refractivity contribution is 5.94. The van der Waals surface area contributed by atoms with Crippen molar-refractivity contribution in [3.05, 3.63) is 71.7 Å². The molecule has 27 heavy (non-hydrogen) atoms. The molecule has 4 rings (SSSR count). The van der Waals surface area contributed by atoms with E-state index in [2.05, 4.69) is 47.0 Å². The van der Waals surface area contributed by atoms with Gasteiger partial charge in [0, 0.05) is 50.5 Å². The van der Waals surface area contributed by atoms with Crippen molar-refractivity contribution in [1.82, 2.24) is 19.7 Å². The first-order chi connectivity index (χ1) is 13.1. The number of carbonyl (C=O) groups is 1. The van der Waals surface area contributed by atoms with Crippen LogP contribution in [0.3, 0.4) is 0 Å². The Bertz CT molecular complexity index is 926. The maximum absolute atomic E-state index is 12.8. The zero-order valence-electron chi connectivity index (χ0n) is 15.7. The summed E-state index contributed by atoms with van der Waals surface area (Å²) in [7, 11) is 0. The van der Waals surface area contributed by atoms with E-state index in [0.717, 1.165) is 13.1 Å². The van der Waals surface area contributed by atoms with Gasteiger partial charge < -0.3 is 9.80 Å². The minimum Gasteiger partial charge on any atom is -0.368 e. The fourth-order valence-electron chi connectivity index (χ4n) is 3.46. The van der Waals surface area contributed by atoms with Crippen LogP contribution in [0.25, 0.3) is 5.82 Å². The van der Waals surface area contributed by atoms with Gasteiger partial charge in [0.25, 0.3) is 5.91 Å². The van der Waals surface area contributed by atoms with E-state index in [0.29, 0.717) is 24.5 Å². The normalized spacial score (nSPS) is 14.4. The Balaban J connectivity index is 1.42. The second kappa shape index (κ2) is 7.23. The minimum atomic E-state index is 0.0372. The fourth-order valence-corrected chi connectivity index (χ4v) is 3.46. The number of hydrogen-bond acceptors (Lipinski definition) is 4. The molecule has 3 aromatic rings. The molecule has 0 radical (unpaired) electrons. The van der Waals surface area contributed by atoms with Gasteiger partial charge in [0.15, 0.2) is 5.82 Å². The molecule has 3 heterocycles. The number of rotatable bonds is 3. The number of carbonyl (C=O) groups excluding carboxylic acids is 1. The molecule has 1 aliphatic rings. The van der Waals surface area contributed by atoms with Gasteiger partial charge in [-0.2, -0.15) is 5.10 Å². The Morgan fingerprint density at radius 2 is 1.81 bits per heavy atom. The molecule has 1 fully saturated rings. The topological polar surface area (TPSA) is 54.3 Å². The first-order valence-corrected chi connectivity index (χ1v) is 9.20. The fraction of sp³-hybridized carbons (Fsp3) is 0.286. The Hall–Kier alpha value is -3.15. The molecule has 6 nitrogen and oxygen atoms in total. The summed E-state index contributed by atoms with van der Waals surface area (Å²) in [6, 6.07) is 11.9. The third-order valence-corrected chi connectivity index (χ3v) is 5.22. The first kappa shape index (κ1) is 17.3. The number of anilines is 1. The van der Waals surface area contributed by atoms with Gasteiger partial charge in [-0.05, 0) is 49.2 Å². The molecule has 0 bridgehead atoms. The van der Waals surface area contributed by atoms with Crippen LogP contribution in [0.2, 0.25) is 0 Å². The van der Waals surface area contributed by atoms with E-state index in [1.54, 1.807) is 17.1 Å². The second-order valence-electron chi connectivity index (χ2n) is 6.85. The van der Waals surface area contributed by atoms with Crippen LogP contribution in [-0.4, -0.2) is 51.8 Å². The van der Waals surface area contributed by atoms with Crippen LogP contribution in [0.5, 0.6) is 0 Å². The van der Waals surface area contributed by atoms with E-state index in [9.17, 15) is 4.79 Å². The molecular weight excluding hydrogens is 338 g/mol. The van der Waals surface area contributed by atoms with Gasteiger partial charge in [-0.15, -0.1) is 0 Å². The van der Waals surface area contributed by atoms with Gasteiger partial charge >= 0.3 is 0 Å². The lowest BCUT2D eigenvalue weighted by Crippen LogP contribution is -2.49. The van der Waals surface area contributed by atoms with Crippen molar-refractivity contribution in [2.45, 2.75) is 13.8 Å². The van der Waals surface area contributed by atoms with E-state index in [-0.39, 0.29) is 5.91 Å². The number of pyridine rings is 1. The number of nitrogens with zero attached hydrogens (tertiary/aromatic N) is 5. The van der Waals surface area contributed by atoms with Gasteiger partial charge in [-0.25, -0.2) is 9.67 Å². The Labute approximate surface area is 159 Å². The summed E-state index contributed by atoms with van der Waals surface area (Å²) in [5.74, 6) is 0.742. The smallest absolute Gasteiger partial charge is 0.255 e. The lowest BCUT2D eigenvalue weighted by atomic mass is 10.1. The van der Waals surface area contributed by atoms with Gasteiger partial charge in [0.1, 0.15) is 0 Å². The van der Waals surface area contributed by atoms with Gasteiger partial charge in [0.2, 0.25) is 0 Å². The van der Waals surface area contributed by atoms with E-state index in [1.807, 2.05) is 29.3 Å².